The van der Waals surface area contributed by atoms with Gasteiger partial charge in [-0.3, -0.25) is 9.59 Å². The maximum Gasteiger partial charge on any atom is 0.306 e. The number of aliphatic carboxylic acids is 1. The van der Waals surface area contributed by atoms with E-state index < -0.39 is 5.97 Å². The molecule has 18 heavy (non-hydrogen) atoms. The molecule has 1 amide bonds. The van der Waals surface area contributed by atoms with E-state index in [-0.39, 0.29) is 17.9 Å². The summed E-state index contributed by atoms with van der Waals surface area (Å²) in [6, 6.07) is 1.91. The van der Waals surface area contributed by atoms with Gasteiger partial charge in [0.1, 0.15) is 0 Å². The fourth-order valence-corrected chi connectivity index (χ4v) is 3.23. The van der Waals surface area contributed by atoms with Crippen LogP contribution in [-0.2, 0) is 4.79 Å². The first-order valence-electron chi connectivity index (χ1n) is 6.15. The summed E-state index contributed by atoms with van der Waals surface area (Å²) in [6.45, 7) is 1.91. The highest BCUT2D eigenvalue weighted by atomic mass is 32.1. The number of aryl methyl sites for hydroxylation is 1. The minimum Gasteiger partial charge on any atom is -0.481 e. The van der Waals surface area contributed by atoms with Crippen molar-refractivity contribution in [2.45, 2.75) is 38.6 Å². The summed E-state index contributed by atoms with van der Waals surface area (Å²) < 4.78 is 0. The van der Waals surface area contributed by atoms with E-state index in [1.807, 2.05) is 18.4 Å². The summed E-state index contributed by atoms with van der Waals surface area (Å²) in [5, 5.41) is 13.9. The molecule has 1 heterocycles. The Morgan fingerprint density at radius 1 is 1.44 bits per heavy atom. The van der Waals surface area contributed by atoms with Gasteiger partial charge in [0, 0.05) is 6.04 Å². The van der Waals surface area contributed by atoms with Crippen LogP contribution in [0.15, 0.2) is 11.4 Å². The van der Waals surface area contributed by atoms with Crippen LogP contribution >= 0.6 is 11.3 Å². The minimum atomic E-state index is -0.749. The van der Waals surface area contributed by atoms with Gasteiger partial charge in [-0.25, -0.2) is 0 Å². The van der Waals surface area contributed by atoms with E-state index in [0.717, 1.165) is 29.7 Å². The molecule has 1 aromatic rings. The van der Waals surface area contributed by atoms with Gasteiger partial charge in [0.2, 0.25) is 0 Å². The molecule has 1 saturated carbocycles. The van der Waals surface area contributed by atoms with Gasteiger partial charge in [-0.15, -0.1) is 11.3 Å². The lowest BCUT2D eigenvalue weighted by molar-refractivity contribution is -0.143. The second-order valence-corrected chi connectivity index (χ2v) is 5.72. The van der Waals surface area contributed by atoms with Gasteiger partial charge in [0.25, 0.3) is 5.91 Å². The molecule has 5 heteroatoms. The first kappa shape index (κ1) is 13.1. The Bertz CT molecular complexity index is 455. The number of nitrogens with one attached hydrogen (secondary N) is 1. The van der Waals surface area contributed by atoms with E-state index >= 15 is 0 Å². The lowest BCUT2D eigenvalue weighted by Gasteiger charge is -2.27. The molecule has 0 aliphatic heterocycles. The predicted molar refractivity (Wildman–Crippen MR) is 69.9 cm³/mol. The third-order valence-electron chi connectivity index (χ3n) is 3.43. The van der Waals surface area contributed by atoms with Gasteiger partial charge in [0.05, 0.1) is 10.8 Å². The summed E-state index contributed by atoms with van der Waals surface area (Å²) in [5.74, 6) is -1.13. The van der Waals surface area contributed by atoms with Crippen molar-refractivity contribution in [1.82, 2.24) is 5.32 Å². The van der Waals surface area contributed by atoms with Gasteiger partial charge in [-0.2, -0.15) is 0 Å². The smallest absolute Gasteiger partial charge is 0.306 e. The molecule has 2 rings (SSSR count). The number of carbonyl (C=O) groups excluding carboxylic acids is 1. The molecule has 1 fully saturated rings. The van der Waals surface area contributed by atoms with Crippen molar-refractivity contribution in [1.29, 1.82) is 0 Å². The number of carbonyl (C=O) groups is 2. The highest BCUT2D eigenvalue weighted by Crippen LogP contribution is 2.25. The molecule has 4 nitrogen and oxygen atoms in total. The zero-order chi connectivity index (χ0) is 13.1. The fraction of sp³-hybridized carbons (Fsp3) is 0.538. The largest absolute Gasteiger partial charge is 0.481 e. The second-order valence-electron chi connectivity index (χ2n) is 4.80. The topological polar surface area (TPSA) is 66.4 Å². The van der Waals surface area contributed by atoms with E-state index in [1.54, 1.807) is 0 Å². The number of carboxylic acid groups (broad SMARTS) is 1. The number of thiophene rings is 1. The van der Waals surface area contributed by atoms with Gasteiger partial charge in [-0.05, 0) is 43.2 Å². The molecule has 0 spiro atoms. The molecule has 0 radical (unpaired) electrons. The van der Waals surface area contributed by atoms with Crippen LogP contribution < -0.4 is 5.32 Å². The predicted octanol–water partition coefficient (Wildman–Crippen LogP) is 2.43. The molecule has 2 N–H and O–H groups in total. The number of rotatable bonds is 3. The Kier molecular flexibility index (Phi) is 4.01. The van der Waals surface area contributed by atoms with Gasteiger partial charge < -0.3 is 10.4 Å². The molecule has 98 valence electrons. The zero-order valence-corrected chi connectivity index (χ0v) is 11.1. The van der Waals surface area contributed by atoms with Crippen LogP contribution in [0, 0.1) is 12.8 Å². The molecular formula is C13H17NO3S. The standard InChI is InChI=1S/C13H17NO3S/c1-8-5-6-18-11(8)12(15)14-10-4-2-3-9(7-10)13(16)17/h5-6,9-10H,2-4,7H2,1H3,(H,14,15)(H,16,17). The highest BCUT2D eigenvalue weighted by Gasteiger charge is 2.28. The summed E-state index contributed by atoms with van der Waals surface area (Å²) >= 11 is 1.42. The summed E-state index contributed by atoms with van der Waals surface area (Å²) in [6.07, 6.45) is 3.01. The normalized spacial score (nSPS) is 23.6. The summed E-state index contributed by atoms with van der Waals surface area (Å²) in [7, 11) is 0. The lowest BCUT2D eigenvalue weighted by atomic mass is 9.86. The molecule has 0 aromatic carbocycles. The highest BCUT2D eigenvalue weighted by molar-refractivity contribution is 7.12. The van der Waals surface area contributed by atoms with Gasteiger partial charge in [-0.1, -0.05) is 6.42 Å². The Balaban J connectivity index is 1.95. The first-order chi connectivity index (χ1) is 8.58. The van der Waals surface area contributed by atoms with Crippen LogP contribution in [-0.4, -0.2) is 23.0 Å². The third-order valence-corrected chi connectivity index (χ3v) is 4.44. The Morgan fingerprint density at radius 2 is 2.22 bits per heavy atom. The van der Waals surface area contributed by atoms with E-state index in [0.29, 0.717) is 6.42 Å². The van der Waals surface area contributed by atoms with Crippen LogP contribution in [0.1, 0.15) is 40.9 Å². The average Bonchev–Trinajstić information content (AvgIpc) is 2.76. The molecule has 0 saturated heterocycles. The Labute approximate surface area is 110 Å². The maximum atomic E-state index is 12.0. The molecule has 2 unspecified atom stereocenters. The van der Waals surface area contributed by atoms with Crippen LogP contribution in [0.3, 0.4) is 0 Å². The van der Waals surface area contributed by atoms with Crippen LogP contribution in [0.2, 0.25) is 0 Å². The summed E-state index contributed by atoms with van der Waals surface area (Å²) in [4.78, 5) is 23.7. The van der Waals surface area contributed by atoms with E-state index in [4.69, 9.17) is 5.11 Å². The van der Waals surface area contributed by atoms with Gasteiger partial charge in [0.15, 0.2) is 0 Å². The maximum absolute atomic E-state index is 12.0. The lowest BCUT2D eigenvalue weighted by Crippen LogP contribution is -2.39. The molecule has 1 aromatic heterocycles. The van der Waals surface area contributed by atoms with Crippen molar-refractivity contribution < 1.29 is 14.7 Å². The quantitative estimate of drug-likeness (QED) is 0.884. The average molecular weight is 267 g/mol. The molecular weight excluding hydrogens is 250 g/mol. The van der Waals surface area contributed by atoms with E-state index in [1.165, 1.54) is 11.3 Å². The van der Waals surface area contributed by atoms with E-state index in [2.05, 4.69) is 5.32 Å². The molecule has 2 atom stereocenters. The van der Waals surface area contributed by atoms with E-state index in [9.17, 15) is 9.59 Å². The second kappa shape index (κ2) is 5.52. The molecule has 1 aliphatic carbocycles. The van der Waals surface area contributed by atoms with Crippen molar-refractivity contribution in [2.75, 3.05) is 0 Å². The zero-order valence-electron chi connectivity index (χ0n) is 10.3. The van der Waals surface area contributed by atoms with Crippen molar-refractivity contribution >= 4 is 23.2 Å². The van der Waals surface area contributed by atoms with Gasteiger partial charge >= 0.3 is 5.97 Å². The number of carboxylic acids is 1. The first-order valence-corrected chi connectivity index (χ1v) is 7.03. The van der Waals surface area contributed by atoms with Crippen LogP contribution in [0.5, 0.6) is 0 Å². The third kappa shape index (κ3) is 2.90. The van der Waals surface area contributed by atoms with Crippen molar-refractivity contribution in [3.63, 3.8) is 0 Å². The molecule has 0 bridgehead atoms. The summed E-state index contributed by atoms with van der Waals surface area (Å²) in [5.41, 5.74) is 0.975. The number of hydrogen-bond acceptors (Lipinski definition) is 3. The number of amides is 1. The molecule has 1 aliphatic rings. The van der Waals surface area contributed by atoms with Crippen molar-refractivity contribution in [3.05, 3.63) is 21.9 Å². The SMILES string of the molecule is Cc1ccsc1C(=O)NC1CCCC(C(=O)O)C1. The van der Waals surface area contributed by atoms with Crippen molar-refractivity contribution in [3.8, 4) is 0 Å². The minimum absolute atomic E-state index is 0.00569. The van der Waals surface area contributed by atoms with Crippen molar-refractivity contribution in [2.24, 2.45) is 5.92 Å². The fourth-order valence-electron chi connectivity index (χ4n) is 2.40. The number of hydrogen-bond donors (Lipinski definition) is 2. The van der Waals surface area contributed by atoms with Crippen LogP contribution in [0.25, 0.3) is 0 Å². The van der Waals surface area contributed by atoms with Crippen LogP contribution in [0.4, 0.5) is 0 Å². The monoisotopic (exact) mass is 267 g/mol. The Morgan fingerprint density at radius 3 is 2.83 bits per heavy atom. The Hall–Kier alpha value is -1.36.